The maximum atomic E-state index is 9.71. The van der Waals surface area contributed by atoms with Crippen LogP contribution in [0.3, 0.4) is 0 Å². The van der Waals surface area contributed by atoms with Crippen LogP contribution >= 0.6 is 11.6 Å². The zero-order valence-corrected chi connectivity index (χ0v) is 23.6. The molecule has 4 aliphatic carbocycles. The summed E-state index contributed by atoms with van der Waals surface area (Å²) in [7, 11) is 0. The van der Waals surface area contributed by atoms with Crippen molar-refractivity contribution >= 4 is 23.4 Å². The molecule has 0 spiro atoms. The second-order valence-corrected chi connectivity index (χ2v) is 13.0. The third-order valence-electron chi connectivity index (χ3n) is 9.25. The Bertz CT molecular complexity index is 1220. The summed E-state index contributed by atoms with van der Waals surface area (Å²) < 4.78 is 11.7. The van der Waals surface area contributed by atoms with Crippen LogP contribution < -0.4 is 16.0 Å². The minimum atomic E-state index is -0.450. The largest absolute Gasteiger partial charge is 0.368 e. The molecular formula is C30H39ClN6O2. The van der Waals surface area contributed by atoms with E-state index >= 15 is 0 Å². The summed E-state index contributed by atoms with van der Waals surface area (Å²) in [5.41, 5.74) is 1.72. The van der Waals surface area contributed by atoms with Crippen LogP contribution in [0.5, 0.6) is 0 Å². The van der Waals surface area contributed by atoms with Gasteiger partial charge >= 0.3 is 0 Å². The highest BCUT2D eigenvalue weighted by Gasteiger charge is 2.55. The number of halogens is 1. The van der Waals surface area contributed by atoms with Crippen LogP contribution in [0, 0.1) is 34.5 Å². The number of nitriles is 1. The molecule has 5 aliphatic rings. The smallest absolute Gasteiger partial charge is 0.224 e. The van der Waals surface area contributed by atoms with Gasteiger partial charge in [0.05, 0.1) is 18.9 Å². The zero-order valence-electron chi connectivity index (χ0n) is 22.9. The highest BCUT2D eigenvalue weighted by Crippen LogP contribution is 2.60. The number of rotatable bonds is 10. The minimum absolute atomic E-state index is 0.186. The maximum Gasteiger partial charge on any atom is 0.224 e. The Kier molecular flexibility index (Phi) is 7.45. The summed E-state index contributed by atoms with van der Waals surface area (Å²) in [6, 6.07) is 10.6. The second-order valence-electron chi connectivity index (χ2n) is 12.6. The Labute approximate surface area is 236 Å². The topological polar surface area (TPSA) is 104 Å². The van der Waals surface area contributed by atoms with E-state index in [9.17, 15) is 5.26 Å². The molecule has 3 N–H and O–H groups in total. The van der Waals surface area contributed by atoms with Crippen molar-refractivity contribution in [1.82, 2.24) is 15.3 Å². The van der Waals surface area contributed by atoms with Crippen LogP contribution in [-0.2, 0) is 16.0 Å². The van der Waals surface area contributed by atoms with E-state index in [2.05, 4.69) is 32.0 Å². The number of hydrogen-bond donors (Lipinski definition) is 3. The average Bonchev–Trinajstić information content (AvgIpc) is 3.26. The summed E-state index contributed by atoms with van der Waals surface area (Å²) >= 11 is 6.30. The molecule has 39 heavy (non-hydrogen) atoms. The predicted molar refractivity (Wildman–Crippen MR) is 151 cm³/mol. The fourth-order valence-electron chi connectivity index (χ4n) is 7.83. The molecular weight excluding hydrogens is 512 g/mol. The third-order valence-corrected chi connectivity index (χ3v) is 9.62. The SMILES string of the molecule is CC1(C)OC[C@H](CCN[C@@H]2[C@@H]3CC4C[C@H]2C[C@](CNc2nc(NCc5ccccc5Cl)ncc2C#N)(C4)C3)O1. The van der Waals surface area contributed by atoms with Crippen molar-refractivity contribution < 1.29 is 9.47 Å². The molecule has 2 aromatic rings. The number of nitrogens with zero attached hydrogens (tertiary/aromatic N) is 3. The second kappa shape index (κ2) is 10.9. The van der Waals surface area contributed by atoms with Gasteiger partial charge in [-0.15, -0.1) is 0 Å². The molecule has 208 valence electrons. The molecule has 1 aromatic heterocycles. The van der Waals surface area contributed by atoms with E-state index in [1.807, 2.05) is 38.1 Å². The van der Waals surface area contributed by atoms with Crippen LogP contribution in [0.1, 0.15) is 63.5 Å². The summed E-state index contributed by atoms with van der Waals surface area (Å²) in [6.07, 6.45) is 9.17. The van der Waals surface area contributed by atoms with E-state index in [0.717, 1.165) is 31.0 Å². The first-order valence-electron chi connectivity index (χ1n) is 14.3. The summed E-state index contributed by atoms with van der Waals surface area (Å²) in [5.74, 6) is 2.89. The van der Waals surface area contributed by atoms with E-state index in [1.165, 1.54) is 32.1 Å². The third kappa shape index (κ3) is 5.88. The number of ether oxygens (including phenoxy) is 2. The number of benzene rings is 1. The van der Waals surface area contributed by atoms with Crippen molar-refractivity contribution in [3.05, 3.63) is 46.6 Å². The highest BCUT2D eigenvalue weighted by atomic mass is 35.5. The van der Waals surface area contributed by atoms with Gasteiger partial charge in [0.15, 0.2) is 5.79 Å². The quantitative estimate of drug-likeness (QED) is 0.363. The molecule has 1 aliphatic heterocycles. The van der Waals surface area contributed by atoms with Crippen LogP contribution in [0.15, 0.2) is 30.5 Å². The fourth-order valence-corrected chi connectivity index (χ4v) is 8.03. The molecule has 1 saturated heterocycles. The van der Waals surface area contributed by atoms with Gasteiger partial charge in [0.2, 0.25) is 5.95 Å². The first kappa shape index (κ1) is 26.8. The molecule has 8 nitrogen and oxygen atoms in total. The van der Waals surface area contributed by atoms with Crippen molar-refractivity contribution in [2.45, 2.75) is 76.9 Å². The molecule has 1 aromatic carbocycles. The first-order valence-corrected chi connectivity index (χ1v) is 14.7. The normalized spacial score (nSPS) is 32.2. The molecule has 4 saturated carbocycles. The Balaban J connectivity index is 1.06. The van der Waals surface area contributed by atoms with Crippen molar-refractivity contribution in [3.8, 4) is 6.07 Å². The van der Waals surface area contributed by atoms with Gasteiger partial charge in [-0.2, -0.15) is 10.2 Å². The average molecular weight is 551 g/mol. The van der Waals surface area contributed by atoms with E-state index in [1.54, 1.807) is 6.20 Å². The molecule has 6 atom stereocenters. The lowest BCUT2D eigenvalue weighted by Crippen LogP contribution is -2.59. The van der Waals surface area contributed by atoms with Gasteiger partial charge in [0.25, 0.3) is 0 Å². The lowest BCUT2D eigenvalue weighted by atomic mass is 9.48. The van der Waals surface area contributed by atoms with E-state index in [4.69, 9.17) is 21.1 Å². The van der Waals surface area contributed by atoms with Crippen molar-refractivity contribution in [1.29, 1.82) is 5.26 Å². The summed E-state index contributed by atoms with van der Waals surface area (Å²) in [4.78, 5) is 9.03. The predicted octanol–water partition coefficient (Wildman–Crippen LogP) is 5.35. The fraction of sp³-hybridized carbons (Fsp3) is 0.633. The lowest BCUT2D eigenvalue weighted by molar-refractivity contribution is -0.139. The van der Waals surface area contributed by atoms with Gasteiger partial charge in [-0.25, -0.2) is 4.98 Å². The van der Waals surface area contributed by atoms with Gasteiger partial charge in [0.1, 0.15) is 17.5 Å². The van der Waals surface area contributed by atoms with Crippen LogP contribution in [0.2, 0.25) is 5.02 Å². The van der Waals surface area contributed by atoms with E-state index < -0.39 is 5.79 Å². The van der Waals surface area contributed by atoms with Crippen molar-refractivity contribution in [2.75, 3.05) is 30.3 Å². The number of aromatic nitrogens is 2. The molecule has 9 heteroatoms. The van der Waals surface area contributed by atoms with E-state index in [0.29, 0.717) is 53.4 Å². The molecule has 4 bridgehead atoms. The molecule has 0 amide bonds. The summed E-state index contributed by atoms with van der Waals surface area (Å²) in [5, 5.41) is 21.2. The number of hydrogen-bond acceptors (Lipinski definition) is 8. The van der Waals surface area contributed by atoms with Gasteiger partial charge < -0.3 is 25.4 Å². The van der Waals surface area contributed by atoms with Gasteiger partial charge in [0, 0.05) is 24.2 Å². The number of anilines is 2. The molecule has 7 rings (SSSR count). The molecule has 1 unspecified atom stereocenters. The molecule has 2 heterocycles. The van der Waals surface area contributed by atoms with Crippen LogP contribution in [0.4, 0.5) is 11.8 Å². The van der Waals surface area contributed by atoms with Crippen LogP contribution in [-0.4, -0.2) is 47.6 Å². The zero-order chi connectivity index (χ0) is 27.0. The standard InChI is InChI=1S/C30H39ClN6O2/c1-29(2)38-17-24(39-29)7-8-33-26-21-9-19-10-22(26)13-30(11-19,12-21)18-36-27-23(14-32)16-35-28(37-27)34-15-20-5-3-4-6-25(20)31/h3-6,16,19,21-22,24,26,33H,7-13,15,17-18H2,1-2H3,(H2,34,35,36,37)/t19?,21-,22+,24-,26-,30+/m0/s1. The van der Waals surface area contributed by atoms with Crippen LogP contribution in [0.25, 0.3) is 0 Å². The Morgan fingerprint density at radius 3 is 2.64 bits per heavy atom. The van der Waals surface area contributed by atoms with Gasteiger partial charge in [-0.3, -0.25) is 0 Å². The van der Waals surface area contributed by atoms with E-state index in [-0.39, 0.29) is 11.5 Å². The van der Waals surface area contributed by atoms with Gasteiger partial charge in [-0.05, 0) is 93.7 Å². The van der Waals surface area contributed by atoms with Crippen molar-refractivity contribution in [3.63, 3.8) is 0 Å². The summed E-state index contributed by atoms with van der Waals surface area (Å²) in [6.45, 7) is 7.02. The Morgan fingerprint density at radius 2 is 1.92 bits per heavy atom. The number of nitrogens with one attached hydrogen (secondary N) is 3. The van der Waals surface area contributed by atoms with Gasteiger partial charge in [-0.1, -0.05) is 29.8 Å². The highest BCUT2D eigenvalue weighted by molar-refractivity contribution is 6.31. The molecule has 5 fully saturated rings. The molecule has 0 radical (unpaired) electrons. The monoisotopic (exact) mass is 550 g/mol. The Hall–Kier alpha value is -2.44. The first-order chi connectivity index (χ1) is 18.8. The Morgan fingerprint density at radius 1 is 1.13 bits per heavy atom. The minimum Gasteiger partial charge on any atom is -0.368 e. The maximum absolute atomic E-state index is 9.71. The van der Waals surface area contributed by atoms with Crippen molar-refractivity contribution in [2.24, 2.45) is 23.2 Å². The lowest BCUT2D eigenvalue weighted by Gasteiger charge is -2.60.